The number of carbonyl (C=O) groups is 3. The van der Waals surface area contributed by atoms with Crippen LogP contribution in [0.15, 0.2) is 66.7 Å². The molecule has 0 unspecified atom stereocenters. The van der Waals surface area contributed by atoms with Crippen molar-refractivity contribution in [2.45, 2.75) is 39.5 Å². The van der Waals surface area contributed by atoms with Gasteiger partial charge in [-0.05, 0) is 72.0 Å². The van der Waals surface area contributed by atoms with E-state index in [4.69, 9.17) is 21.1 Å². The first kappa shape index (κ1) is 27.2. The lowest BCUT2D eigenvalue weighted by molar-refractivity contribution is -0.151. The van der Waals surface area contributed by atoms with Crippen LogP contribution in [0.3, 0.4) is 0 Å². The van der Waals surface area contributed by atoms with E-state index in [-0.39, 0.29) is 24.3 Å². The number of benzene rings is 3. The van der Waals surface area contributed by atoms with Crippen LogP contribution >= 0.6 is 11.6 Å². The van der Waals surface area contributed by atoms with Gasteiger partial charge in [0, 0.05) is 29.4 Å². The van der Waals surface area contributed by atoms with Gasteiger partial charge < -0.3 is 19.7 Å². The minimum absolute atomic E-state index is 0.0201. The summed E-state index contributed by atoms with van der Waals surface area (Å²) in [5.74, 6) is -0.537. The molecule has 1 aliphatic rings. The van der Waals surface area contributed by atoms with Gasteiger partial charge in [0.15, 0.2) is 6.61 Å². The zero-order chi connectivity index (χ0) is 27.4. The molecule has 198 valence electrons. The van der Waals surface area contributed by atoms with Crippen LogP contribution in [-0.2, 0) is 24.5 Å². The lowest BCUT2D eigenvalue weighted by atomic mass is 9.87. The van der Waals surface area contributed by atoms with Gasteiger partial charge in [-0.2, -0.15) is 0 Å². The molecule has 0 aromatic heterocycles. The van der Waals surface area contributed by atoms with Crippen LogP contribution in [-0.4, -0.2) is 30.9 Å². The van der Waals surface area contributed by atoms with Crippen LogP contribution in [0.1, 0.15) is 38.3 Å². The Kier molecular flexibility index (Phi) is 8.07. The van der Waals surface area contributed by atoms with Gasteiger partial charge in [0.05, 0.1) is 5.92 Å². The third kappa shape index (κ3) is 6.53. The van der Waals surface area contributed by atoms with E-state index in [1.807, 2.05) is 24.3 Å². The molecule has 1 heterocycles. The summed E-state index contributed by atoms with van der Waals surface area (Å²) in [6.07, 6.45) is 0.0201. The Morgan fingerprint density at radius 3 is 2.26 bits per heavy atom. The van der Waals surface area contributed by atoms with E-state index in [0.29, 0.717) is 22.1 Å². The molecule has 0 spiro atoms. The highest BCUT2D eigenvalue weighted by atomic mass is 35.5. The minimum Gasteiger partial charge on any atom is -0.457 e. The molecule has 1 fully saturated rings. The first-order valence-electron chi connectivity index (χ1n) is 12.4. The zero-order valence-corrected chi connectivity index (χ0v) is 22.7. The van der Waals surface area contributed by atoms with Crippen LogP contribution in [0.25, 0.3) is 0 Å². The average Bonchev–Trinajstić information content (AvgIpc) is 3.27. The number of anilines is 2. The quantitative estimate of drug-likeness (QED) is 0.361. The Hall–Kier alpha value is -3.84. The molecular formula is C30H31ClN2O5. The van der Waals surface area contributed by atoms with Crippen molar-refractivity contribution in [1.82, 2.24) is 0 Å². The number of nitrogens with one attached hydrogen (secondary N) is 1. The summed E-state index contributed by atoms with van der Waals surface area (Å²) in [6.45, 7) is 7.99. The smallest absolute Gasteiger partial charge is 0.311 e. The third-order valence-electron chi connectivity index (χ3n) is 6.45. The number of rotatable bonds is 7. The number of hydrogen-bond donors (Lipinski definition) is 1. The maximum absolute atomic E-state index is 12.6. The fraction of sp³-hybridized carbons (Fsp3) is 0.300. The van der Waals surface area contributed by atoms with E-state index >= 15 is 0 Å². The lowest BCUT2D eigenvalue weighted by Crippen LogP contribution is -2.28. The molecule has 1 N–H and O–H groups in total. The Balaban J connectivity index is 1.30. The fourth-order valence-electron chi connectivity index (χ4n) is 4.15. The fourth-order valence-corrected chi connectivity index (χ4v) is 4.33. The van der Waals surface area contributed by atoms with E-state index in [2.05, 4.69) is 26.1 Å². The van der Waals surface area contributed by atoms with Gasteiger partial charge in [-0.25, -0.2) is 0 Å². The molecule has 8 heteroatoms. The molecule has 2 amide bonds. The van der Waals surface area contributed by atoms with Gasteiger partial charge in [0.25, 0.3) is 5.91 Å². The van der Waals surface area contributed by atoms with E-state index in [1.54, 1.807) is 54.3 Å². The summed E-state index contributed by atoms with van der Waals surface area (Å²) in [6, 6.07) is 20.3. The zero-order valence-electron chi connectivity index (χ0n) is 21.9. The maximum atomic E-state index is 12.6. The van der Waals surface area contributed by atoms with Gasteiger partial charge >= 0.3 is 5.97 Å². The van der Waals surface area contributed by atoms with Crippen molar-refractivity contribution in [2.24, 2.45) is 5.92 Å². The van der Waals surface area contributed by atoms with Gasteiger partial charge in [0.2, 0.25) is 5.91 Å². The Morgan fingerprint density at radius 2 is 1.63 bits per heavy atom. The molecule has 4 rings (SSSR count). The summed E-state index contributed by atoms with van der Waals surface area (Å²) in [5, 5.41) is 3.21. The molecule has 3 aromatic rings. The number of ether oxygens (including phenoxy) is 2. The predicted molar refractivity (Wildman–Crippen MR) is 148 cm³/mol. The van der Waals surface area contributed by atoms with E-state index in [0.717, 1.165) is 11.3 Å². The van der Waals surface area contributed by atoms with E-state index in [9.17, 15) is 14.4 Å². The summed E-state index contributed by atoms with van der Waals surface area (Å²) < 4.78 is 11.1. The molecule has 38 heavy (non-hydrogen) atoms. The highest BCUT2D eigenvalue weighted by molar-refractivity contribution is 6.31. The summed E-state index contributed by atoms with van der Waals surface area (Å²) in [4.78, 5) is 39.0. The van der Waals surface area contributed by atoms with Crippen molar-refractivity contribution in [3.8, 4) is 11.5 Å². The van der Waals surface area contributed by atoms with Gasteiger partial charge in [-0.1, -0.05) is 50.6 Å². The standard InChI is InChI=1S/C30H31ClN2O5/c1-19-25(31)6-5-7-26(19)32-27(34)18-37-29(36)20-16-28(35)33(17-20)22-10-14-24(15-11-22)38-23-12-8-21(9-13-23)30(2,3)4/h5-15,20H,16-18H2,1-4H3,(H,32,34)/t20-/m0/s1. The topological polar surface area (TPSA) is 84.9 Å². The summed E-state index contributed by atoms with van der Waals surface area (Å²) >= 11 is 6.07. The molecule has 1 atom stereocenters. The first-order chi connectivity index (χ1) is 18.0. The van der Waals surface area contributed by atoms with Crippen LogP contribution < -0.4 is 15.0 Å². The molecule has 1 saturated heterocycles. The minimum atomic E-state index is -0.652. The maximum Gasteiger partial charge on any atom is 0.311 e. The number of carbonyl (C=O) groups excluding carboxylic acids is 3. The highest BCUT2D eigenvalue weighted by Crippen LogP contribution is 2.30. The lowest BCUT2D eigenvalue weighted by Gasteiger charge is -2.19. The van der Waals surface area contributed by atoms with Crippen molar-refractivity contribution < 1.29 is 23.9 Å². The second kappa shape index (κ2) is 11.3. The Bertz CT molecular complexity index is 1330. The SMILES string of the molecule is Cc1c(Cl)cccc1NC(=O)COC(=O)[C@H]1CC(=O)N(c2ccc(Oc3ccc(C(C)(C)C)cc3)cc2)C1. The molecule has 7 nitrogen and oxygen atoms in total. The number of hydrogen-bond acceptors (Lipinski definition) is 5. The van der Waals surface area contributed by atoms with Crippen LogP contribution in [0.2, 0.25) is 5.02 Å². The van der Waals surface area contributed by atoms with Crippen molar-refractivity contribution >= 4 is 40.8 Å². The first-order valence-corrected chi connectivity index (χ1v) is 12.8. The molecule has 3 aromatic carbocycles. The van der Waals surface area contributed by atoms with E-state index < -0.39 is 24.4 Å². The van der Waals surface area contributed by atoms with E-state index in [1.165, 1.54) is 5.56 Å². The van der Waals surface area contributed by atoms with Crippen molar-refractivity contribution in [3.63, 3.8) is 0 Å². The molecule has 0 radical (unpaired) electrons. The molecule has 1 aliphatic heterocycles. The highest BCUT2D eigenvalue weighted by Gasteiger charge is 2.36. The molecule has 0 aliphatic carbocycles. The second-order valence-electron chi connectivity index (χ2n) is 10.3. The van der Waals surface area contributed by atoms with Crippen LogP contribution in [0, 0.1) is 12.8 Å². The normalized spacial score (nSPS) is 15.3. The van der Waals surface area contributed by atoms with Gasteiger partial charge in [-0.3, -0.25) is 14.4 Å². The Morgan fingerprint density at radius 1 is 1.00 bits per heavy atom. The van der Waals surface area contributed by atoms with Crippen molar-refractivity contribution in [1.29, 1.82) is 0 Å². The van der Waals surface area contributed by atoms with Crippen LogP contribution in [0.4, 0.5) is 11.4 Å². The second-order valence-corrected chi connectivity index (χ2v) is 10.8. The Labute approximate surface area is 227 Å². The monoisotopic (exact) mass is 534 g/mol. The number of esters is 1. The number of nitrogens with zero attached hydrogens (tertiary/aromatic N) is 1. The number of amides is 2. The van der Waals surface area contributed by atoms with Crippen molar-refractivity contribution in [2.75, 3.05) is 23.4 Å². The number of halogens is 1. The molecular weight excluding hydrogens is 504 g/mol. The van der Waals surface area contributed by atoms with Crippen molar-refractivity contribution in [3.05, 3.63) is 82.9 Å². The summed E-state index contributed by atoms with van der Waals surface area (Å²) in [5.41, 5.74) is 3.22. The third-order valence-corrected chi connectivity index (χ3v) is 6.86. The molecule has 0 saturated carbocycles. The van der Waals surface area contributed by atoms with Gasteiger partial charge in [0.1, 0.15) is 11.5 Å². The predicted octanol–water partition coefficient (Wildman–Crippen LogP) is 6.27. The average molecular weight is 535 g/mol. The van der Waals surface area contributed by atoms with Crippen LogP contribution in [0.5, 0.6) is 11.5 Å². The largest absolute Gasteiger partial charge is 0.457 e. The summed E-state index contributed by atoms with van der Waals surface area (Å²) in [7, 11) is 0. The molecule has 0 bridgehead atoms. The van der Waals surface area contributed by atoms with Gasteiger partial charge in [-0.15, -0.1) is 0 Å².